The van der Waals surface area contributed by atoms with E-state index in [-0.39, 0.29) is 0 Å². The first-order chi connectivity index (χ1) is 7.52. The predicted octanol–water partition coefficient (Wildman–Crippen LogP) is 2.64. The molecule has 0 aromatic rings. The topological polar surface area (TPSA) is 15.3 Å². The first kappa shape index (κ1) is 12.4. The summed E-state index contributed by atoms with van der Waals surface area (Å²) in [5.74, 6) is 0. The van der Waals surface area contributed by atoms with Crippen LogP contribution in [-0.2, 0) is 0 Å². The van der Waals surface area contributed by atoms with Crippen LogP contribution in [0.2, 0.25) is 0 Å². The quantitative estimate of drug-likeness (QED) is 0.776. The smallest absolute Gasteiger partial charge is 0.0196 e. The van der Waals surface area contributed by atoms with Crippen LogP contribution < -0.4 is 5.32 Å². The number of hydrogen-bond acceptors (Lipinski definition) is 2. The molecular weight excluding hydrogens is 196 g/mol. The van der Waals surface area contributed by atoms with Crippen molar-refractivity contribution in [1.82, 2.24) is 10.2 Å². The van der Waals surface area contributed by atoms with Crippen molar-refractivity contribution in [2.45, 2.75) is 71.5 Å². The van der Waals surface area contributed by atoms with Gasteiger partial charge in [0.15, 0.2) is 0 Å². The molecule has 0 spiro atoms. The van der Waals surface area contributed by atoms with Crippen LogP contribution in [0.5, 0.6) is 0 Å². The van der Waals surface area contributed by atoms with Gasteiger partial charge in [0.2, 0.25) is 0 Å². The van der Waals surface area contributed by atoms with E-state index in [0.717, 1.165) is 18.1 Å². The van der Waals surface area contributed by atoms with Crippen molar-refractivity contribution in [3.05, 3.63) is 0 Å². The lowest BCUT2D eigenvalue weighted by Crippen LogP contribution is -2.57. The van der Waals surface area contributed by atoms with Crippen molar-refractivity contribution in [3.8, 4) is 0 Å². The van der Waals surface area contributed by atoms with Crippen molar-refractivity contribution in [1.29, 1.82) is 0 Å². The Morgan fingerprint density at radius 3 is 2.69 bits per heavy atom. The molecule has 2 aliphatic rings. The number of nitrogens with zero attached hydrogens (tertiary/aromatic N) is 1. The zero-order valence-corrected chi connectivity index (χ0v) is 11.4. The molecule has 0 bridgehead atoms. The number of nitrogens with one attached hydrogen (secondary N) is 1. The Morgan fingerprint density at radius 2 is 2.12 bits per heavy atom. The van der Waals surface area contributed by atoms with Crippen LogP contribution >= 0.6 is 0 Å². The Kier molecular flexibility index (Phi) is 3.60. The molecule has 1 heterocycles. The molecule has 2 nitrogen and oxygen atoms in total. The second-order valence-electron chi connectivity index (χ2n) is 6.62. The molecule has 1 N–H and O–H groups in total. The minimum absolute atomic E-state index is 0.580. The minimum Gasteiger partial charge on any atom is -0.311 e. The molecule has 1 aliphatic heterocycles. The van der Waals surface area contributed by atoms with Gasteiger partial charge in [-0.25, -0.2) is 0 Å². The average molecular weight is 224 g/mol. The Labute approximate surface area is 101 Å². The fraction of sp³-hybridized carbons (Fsp3) is 1.00. The van der Waals surface area contributed by atoms with Crippen molar-refractivity contribution in [2.24, 2.45) is 5.41 Å². The molecule has 2 rings (SSSR count). The third kappa shape index (κ3) is 2.60. The van der Waals surface area contributed by atoms with Crippen LogP contribution in [0.25, 0.3) is 0 Å². The summed E-state index contributed by atoms with van der Waals surface area (Å²) in [5.41, 5.74) is 0.580. The molecule has 1 aliphatic carbocycles. The van der Waals surface area contributed by atoms with E-state index in [4.69, 9.17) is 0 Å². The molecule has 1 saturated carbocycles. The Morgan fingerprint density at radius 1 is 1.38 bits per heavy atom. The highest BCUT2D eigenvalue weighted by Crippen LogP contribution is 2.40. The summed E-state index contributed by atoms with van der Waals surface area (Å²) in [6.45, 7) is 12.0. The zero-order chi connectivity index (χ0) is 11.8. The highest BCUT2D eigenvalue weighted by Gasteiger charge is 2.37. The van der Waals surface area contributed by atoms with E-state index in [1.165, 1.54) is 38.8 Å². The van der Waals surface area contributed by atoms with E-state index in [9.17, 15) is 0 Å². The standard InChI is InChI=1S/C14H28N2/c1-5-12-10-16(11(2)9-15-12)13-6-7-14(3,4)8-13/h11-13,15H,5-10H2,1-4H3. The normalized spacial score (nSPS) is 40.1. The number of hydrogen-bond donors (Lipinski definition) is 1. The van der Waals surface area contributed by atoms with E-state index < -0.39 is 0 Å². The van der Waals surface area contributed by atoms with Gasteiger partial charge >= 0.3 is 0 Å². The highest BCUT2D eigenvalue weighted by atomic mass is 15.3. The van der Waals surface area contributed by atoms with Gasteiger partial charge in [-0.05, 0) is 38.0 Å². The molecule has 3 unspecified atom stereocenters. The molecule has 2 fully saturated rings. The molecule has 0 radical (unpaired) electrons. The lowest BCUT2D eigenvalue weighted by molar-refractivity contribution is 0.0867. The molecule has 2 heteroatoms. The lowest BCUT2D eigenvalue weighted by atomic mass is 9.91. The van der Waals surface area contributed by atoms with Crippen LogP contribution in [0, 0.1) is 5.41 Å². The Hall–Kier alpha value is -0.0800. The van der Waals surface area contributed by atoms with E-state index in [0.29, 0.717) is 5.41 Å². The van der Waals surface area contributed by atoms with E-state index in [1.807, 2.05) is 0 Å². The molecule has 0 amide bonds. The SMILES string of the molecule is CCC1CN(C2CCC(C)(C)C2)C(C)CN1. The second-order valence-corrected chi connectivity index (χ2v) is 6.62. The maximum Gasteiger partial charge on any atom is 0.0196 e. The van der Waals surface area contributed by atoms with Gasteiger partial charge in [-0.3, -0.25) is 4.90 Å². The van der Waals surface area contributed by atoms with Gasteiger partial charge in [0, 0.05) is 31.2 Å². The van der Waals surface area contributed by atoms with Crippen molar-refractivity contribution in [2.75, 3.05) is 13.1 Å². The maximum atomic E-state index is 3.65. The second kappa shape index (κ2) is 4.66. The van der Waals surface area contributed by atoms with Gasteiger partial charge in [-0.1, -0.05) is 20.8 Å². The van der Waals surface area contributed by atoms with Gasteiger partial charge < -0.3 is 5.32 Å². The summed E-state index contributed by atoms with van der Waals surface area (Å²) in [5, 5.41) is 3.65. The summed E-state index contributed by atoms with van der Waals surface area (Å²) >= 11 is 0. The summed E-state index contributed by atoms with van der Waals surface area (Å²) in [6.07, 6.45) is 5.48. The van der Waals surface area contributed by atoms with Crippen molar-refractivity contribution >= 4 is 0 Å². The van der Waals surface area contributed by atoms with Crippen LogP contribution in [0.3, 0.4) is 0 Å². The summed E-state index contributed by atoms with van der Waals surface area (Å²) in [6, 6.07) is 2.29. The molecule has 16 heavy (non-hydrogen) atoms. The average Bonchev–Trinajstić information content (AvgIpc) is 2.59. The van der Waals surface area contributed by atoms with E-state index in [1.54, 1.807) is 0 Å². The fourth-order valence-corrected chi connectivity index (χ4v) is 3.42. The van der Waals surface area contributed by atoms with Gasteiger partial charge in [0.05, 0.1) is 0 Å². The lowest BCUT2D eigenvalue weighted by Gasteiger charge is -2.42. The molecule has 0 aromatic heterocycles. The minimum atomic E-state index is 0.580. The first-order valence-electron chi connectivity index (χ1n) is 7.01. The van der Waals surface area contributed by atoms with Crippen molar-refractivity contribution in [3.63, 3.8) is 0 Å². The zero-order valence-electron chi connectivity index (χ0n) is 11.4. The Balaban J connectivity index is 1.97. The van der Waals surface area contributed by atoms with Crippen LogP contribution in [-0.4, -0.2) is 36.1 Å². The van der Waals surface area contributed by atoms with Gasteiger partial charge in [-0.2, -0.15) is 0 Å². The van der Waals surface area contributed by atoms with Crippen molar-refractivity contribution < 1.29 is 0 Å². The molecule has 3 atom stereocenters. The van der Waals surface area contributed by atoms with Gasteiger partial charge in [0.25, 0.3) is 0 Å². The molecule has 1 saturated heterocycles. The third-order valence-corrected chi connectivity index (χ3v) is 4.60. The molecule has 0 aromatic carbocycles. The summed E-state index contributed by atoms with van der Waals surface area (Å²) in [4.78, 5) is 2.78. The van der Waals surface area contributed by atoms with Crippen LogP contribution in [0.1, 0.15) is 53.4 Å². The monoisotopic (exact) mass is 224 g/mol. The summed E-state index contributed by atoms with van der Waals surface area (Å²) in [7, 11) is 0. The predicted molar refractivity (Wildman–Crippen MR) is 69.7 cm³/mol. The fourth-order valence-electron chi connectivity index (χ4n) is 3.42. The van der Waals surface area contributed by atoms with E-state index >= 15 is 0 Å². The number of piperazine rings is 1. The third-order valence-electron chi connectivity index (χ3n) is 4.60. The first-order valence-corrected chi connectivity index (χ1v) is 7.01. The maximum absolute atomic E-state index is 3.65. The molecular formula is C14H28N2. The van der Waals surface area contributed by atoms with Gasteiger partial charge in [-0.15, -0.1) is 0 Å². The largest absolute Gasteiger partial charge is 0.311 e. The molecule has 94 valence electrons. The number of rotatable bonds is 2. The summed E-state index contributed by atoms with van der Waals surface area (Å²) < 4.78 is 0. The van der Waals surface area contributed by atoms with E-state index in [2.05, 4.69) is 37.9 Å². The Bertz CT molecular complexity index is 237. The van der Waals surface area contributed by atoms with Crippen LogP contribution in [0.15, 0.2) is 0 Å². The van der Waals surface area contributed by atoms with Gasteiger partial charge in [0.1, 0.15) is 0 Å². The highest BCUT2D eigenvalue weighted by molar-refractivity contribution is 4.93. The van der Waals surface area contributed by atoms with Crippen LogP contribution in [0.4, 0.5) is 0 Å².